The van der Waals surface area contributed by atoms with Gasteiger partial charge in [-0.1, -0.05) is 29.4 Å². The van der Waals surface area contributed by atoms with Crippen LogP contribution in [0, 0.1) is 5.82 Å². The molecular weight excluding hydrogens is 359 g/mol. The van der Waals surface area contributed by atoms with Crippen LogP contribution in [-0.2, 0) is 13.0 Å². The quantitative estimate of drug-likeness (QED) is 0.547. The van der Waals surface area contributed by atoms with Crippen LogP contribution in [0.2, 0.25) is 0 Å². The number of nitrogens with two attached hydrogens (primary N) is 1. The summed E-state index contributed by atoms with van der Waals surface area (Å²) in [5, 5.41) is 4.11. The van der Waals surface area contributed by atoms with E-state index in [0.717, 1.165) is 28.6 Å². The number of hydrogen-bond acceptors (Lipinski definition) is 6. The number of ether oxygens (including phenoxy) is 1. The molecule has 0 spiro atoms. The van der Waals surface area contributed by atoms with E-state index in [9.17, 15) is 4.39 Å². The molecule has 0 aliphatic rings. The lowest BCUT2D eigenvalue weighted by Gasteiger charge is -2.06. The van der Waals surface area contributed by atoms with Crippen molar-refractivity contribution in [2.24, 2.45) is 0 Å². The SMILES string of the molecule is Nc1ncccc1-c1cc(Cc2ccc(COc3ccc(F)cn3)cc2)no1. The number of anilines is 1. The van der Waals surface area contributed by atoms with Crippen LogP contribution in [0.3, 0.4) is 0 Å². The second-order valence-electron chi connectivity index (χ2n) is 6.22. The summed E-state index contributed by atoms with van der Waals surface area (Å²) in [6, 6.07) is 16.3. The summed E-state index contributed by atoms with van der Waals surface area (Å²) in [5.41, 5.74) is 9.47. The maximum absolute atomic E-state index is 12.9. The molecular formula is C21H17FN4O2. The van der Waals surface area contributed by atoms with E-state index in [0.29, 0.717) is 30.5 Å². The third kappa shape index (κ3) is 4.15. The van der Waals surface area contributed by atoms with Crippen LogP contribution in [0.1, 0.15) is 16.8 Å². The first-order valence-electron chi connectivity index (χ1n) is 8.66. The molecule has 0 fully saturated rings. The molecule has 4 aromatic rings. The zero-order valence-corrected chi connectivity index (χ0v) is 14.9. The molecule has 0 amide bonds. The molecule has 0 radical (unpaired) electrons. The van der Waals surface area contributed by atoms with E-state index in [1.807, 2.05) is 36.4 Å². The molecule has 0 bridgehead atoms. The van der Waals surface area contributed by atoms with E-state index in [-0.39, 0.29) is 5.82 Å². The Morgan fingerprint density at radius 3 is 2.57 bits per heavy atom. The number of rotatable bonds is 6. The Hall–Kier alpha value is -3.74. The molecule has 0 atom stereocenters. The van der Waals surface area contributed by atoms with Crippen molar-refractivity contribution in [3.05, 3.63) is 89.6 Å². The number of pyridine rings is 2. The number of hydrogen-bond donors (Lipinski definition) is 1. The maximum atomic E-state index is 12.9. The van der Waals surface area contributed by atoms with Gasteiger partial charge in [0.05, 0.1) is 17.5 Å². The van der Waals surface area contributed by atoms with Crippen molar-refractivity contribution in [3.8, 4) is 17.2 Å². The van der Waals surface area contributed by atoms with E-state index in [4.69, 9.17) is 15.0 Å². The largest absolute Gasteiger partial charge is 0.473 e. The smallest absolute Gasteiger partial charge is 0.213 e. The normalized spacial score (nSPS) is 10.8. The third-order valence-corrected chi connectivity index (χ3v) is 4.16. The first-order valence-corrected chi connectivity index (χ1v) is 8.66. The predicted octanol–water partition coefficient (Wildman–Crippen LogP) is 4.02. The maximum Gasteiger partial charge on any atom is 0.213 e. The van der Waals surface area contributed by atoms with Crippen molar-refractivity contribution in [2.45, 2.75) is 13.0 Å². The van der Waals surface area contributed by atoms with E-state index in [1.54, 1.807) is 12.3 Å². The van der Waals surface area contributed by atoms with Gasteiger partial charge in [-0.2, -0.15) is 0 Å². The van der Waals surface area contributed by atoms with Crippen molar-refractivity contribution >= 4 is 5.82 Å². The third-order valence-electron chi connectivity index (χ3n) is 4.16. The minimum absolute atomic E-state index is 0.354. The van der Waals surface area contributed by atoms with Gasteiger partial charge in [-0.3, -0.25) is 0 Å². The molecule has 1 aromatic carbocycles. The average molecular weight is 376 g/mol. The first-order chi connectivity index (χ1) is 13.7. The highest BCUT2D eigenvalue weighted by molar-refractivity contribution is 5.69. The Bertz CT molecular complexity index is 1060. The zero-order chi connectivity index (χ0) is 19.3. The lowest BCUT2D eigenvalue weighted by Crippen LogP contribution is -1.98. The summed E-state index contributed by atoms with van der Waals surface area (Å²) in [6.07, 6.45) is 3.39. The van der Waals surface area contributed by atoms with Gasteiger partial charge in [0.15, 0.2) is 5.76 Å². The predicted molar refractivity (Wildman–Crippen MR) is 102 cm³/mol. The summed E-state index contributed by atoms with van der Waals surface area (Å²) >= 11 is 0. The van der Waals surface area contributed by atoms with Crippen molar-refractivity contribution in [3.63, 3.8) is 0 Å². The van der Waals surface area contributed by atoms with Gasteiger partial charge in [0.25, 0.3) is 0 Å². The molecule has 140 valence electrons. The first kappa shape index (κ1) is 17.7. The summed E-state index contributed by atoms with van der Waals surface area (Å²) < 4.78 is 23.8. The zero-order valence-electron chi connectivity index (χ0n) is 14.9. The van der Waals surface area contributed by atoms with Crippen LogP contribution in [0.4, 0.5) is 10.2 Å². The van der Waals surface area contributed by atoms with Gasteiger partial charge in [-0.25, -0.2) is 14.4 Å². The fourth-order valence-corrected chi connectivity index (χ4v) is 2.72. The number of nitrogens with zero attached hydrogens (tertiary/aromatic N) is 3. The van der Waals surface area contributed by atoms with Crippen LogP contribution in [0.5, 0.6) is 5.88 Å². The number of halogens is 1. The number of nitrogen functional groups attached to an aromatic ring is 1. The fourth-order valence-electron chi connectivity index (χ4n) is 2.72. The van der Waals surface area contributed by atoms with Crippen molar-refractivity contribution in [1.82, 2.24) is 15.1 Å². The van der Waals surface area contributed by atoms with Gasteiger partial charge >= 0.3 is 0 Å². The van der Waals surface area contributed by atoms with E-state index >= 15 is 0 Å². The van der Waals surface area contributed by atoms with Crippen LogP contribution in [-0.4, -0.2) is 15.1 Å². The molecule has 0 unspecified atom stereocenters. The topological polar surface area (TPSA) is 87.1 Å². The van der Waals surface area contributed by atoms with Gasteiger partial charge < -0.3 is 15.0 Å². The molecule has 3 heterocycles. The summed E-state index contributed by atoms with van der Waals surface area (Å²) in [5.74, 6) is 0.997. The molecule has 4 rings (SSSR count). The van der Waals surface area contributed by atoms with Crippen LogP contribution >= 0.6 is 0 Å². The Balaban J connectivity index is 1.38. The van der Waals surface area contributed by atoms with Gasteiger partial charge in [0, 0.05) is 24.8 Å². The average Bonchev–Trinajstić information content (AvgIpc) is 3.17. The van der Waals surface area contributed by atoms with Gasteiger partial charge in [-0.15, -0.1) is 0 Å². The van der Waals surface area contributed by atoms with E-state index in [2.05, 4.69) is 15.1 Å². The van der Waals surface area contributed by atoms with Crippen LogP contribution in [0.25, 0.3) is 11.3 Å². The number of aromatic nitrogens is 3. The molecule has 2 N–H and O–H groups in total. The Morgan fingerprint density at radius 2 is 1.82 bits per heavy atom. The monoisotopic (exact) mass is 376 g/mol. The molecule has 3 aromatic heterocycles. The minimum atomic E-state index is -0.390. The Morgan fingerprint density at radius 1 is 1.00 bits per heavy atom. The van der Waals surface area contributed by atoms with E-state index < -0.39 is 0 Å². The lowest BCUT2D eigenvalue weighted by molar-refractivity contribution is 0.293. The second-order valence-corrected chi connectivity index (χ2v) is 6.22. The Labute approximate surface area is 160 Å². The summed E-state index contributed by atoms with van der Waals surface area (Å²) in [6.45, 7) is 0.354. The summed E-state index contributed by atoms with van der Waals surface area (Å²) in [4.78, 5) is 7.93. The highest BCUT2D eigenvalue weighted by atomic mass is 19.1. The van der Waals surface area contributed by atoms with Gasteiger partial charge in [0.2, 0.25) is 5.88 Å². The molecule has 28 heavy (non-hydrogen) atoms. The van der Waals surface area contributed by atoms with E-state index in [1.165, 1.54) is 12.1 Å². The second kappa shape index (κ2) is 7.87. The number of benzene rings is 1. The molecule has 7 heteroatoms. The van der Waals surface area contributed by atoms with Gasteiger partial charge in [0.1, 0.15) is 18.2 Å². The molecule has 0 saturated carbocycles. The van der Waals surface area contributed by atoms with Crippen LogP contribution < -0.4 is 10.5 Å². The standard InChI is InChI=1S/C21H17FN4O2/c22-16-7-8-20(25-12-16)27-13-15-5-3-14(4-6-15)10-17-11-19(28-26-17)18-2-1-9-24-21(18)23/h1-9,11-12H,10,13H2,(H2,23,24). The summed E-state index contributed by atoms with van der Waals surface area (Å²) in [7, 11) is 0. The molecule has 0 saturated heterocycles. The lowest BCUT2D eigenvalue weighted by atomic mass is 10.1. The van der Waals surface area contributed by atoms with Gasteiger partial charge in [-0.05, 0) is 29.3 Å². The molecule has 6 nitrogen and oxygen atoms in total. The van der Waals surface area contributed by atoms with Crippen molar-refractivity contribution < 1.29 is 13.7 Å². The highest BCUT2D eigenvalue weighted by Gasteiger charge is 2.10. The minimum Gasteiger partial charge on any atom is -0.473 e. The molecule has 0 aliphatic carbocycles. The van der Waals surface area contributed by atoms with Crippen molar-refractivity contribution in [2.75, 3.05) is 5.73 Å². The van der Waals surface area contributed by atoms with Crippen molar-refractivity contribution in [1.29, 1.82) is 0 Å². The van der Waals surface area contributed by atoms with Crippen LogP contribution in [0.15, 0.2) is 71.5 Å². The Kier molecular flexibility index (Phi) is 4.97. The fraction of sp³-hybridized carbons (Fsp3) is 0.0952. The highest BCUT2D eigenvalue weighted by Crippen LogP contribution is 2.25. The molecule has 0 aliphatic heterocycles.